The number of allylic oxidation sites excluding steroid dienone is 2. The summed E-state index contributed by atoms with van der Waals surface area (Å²) < 4.78 is 48.7. The Morgan fingerprint density at radius 1 is 1.10 bits per heavy atom. The van der Waals surface area contributed by atoms with Crippen molar-refractivity contribution >= 4 is 50.8 Å². The van der Waals surface area contributed by atoms with E-state index >= 15 is 0 Å². The van der Waals surface area contributed by atoms with Crippen molar-refractivity contribution in [2.75, 3.05) is 0 Å². The average molecular weight is 710 g/mol. The lowest BCUT2D eigenvalue weighted by molar-refractivity contribution is -0.157. The summed E-state index contributed by atoms with van der Waals surface area (Å²) in [4.78, 5) is 64.2. The second kappa shape index (κ2) is 12.4. The fourth-order valence-electron chi connectivity index (χ4n) is 7.61. The molecule has 2 fully saturated rings. The van der Waals surface area contributed by atoms with E-state index in [9.17, 15) is 37.1 Å². The number of rotatable bonds is 4. The number of benzene rings is 1. The van der Waals surface area contributed by atoms with Crippen molar-refractivity contribution < 1.29 is 41.8 Å². The first-order chi connectivity index (χ1) is 23.7. The van der Waals surface area contributed by atoms with Crippen LogP contribution in [-0.4, -0.2) is 75.9 Å². The van der Waals surface area contributed by atoms with E-state index in [0.717, 1.165) is 17.7 Å². The number of carbonyl (C=O) groups is 4. The lowest BCUT2D eigenvalue weighted by Crippen LogP contribution is -2.60. The topological polar surface area (TPSA) is 184 Å². The maximum atomic E-state index is 14.4. The molecule has 1 saturated heterocycles. The standard InChI is InChI=1S/C35H40FN5O8S/c1-19-31-22(23-16-21(36)7-8-25(23)38-19)9-11-35(49-31)12-10-29(42)26(39-33(45)46)6-4-3-5-20-15-27(20)37-18-28-24(17-30(43)41(28)35)32(44)40-50(47,48)34(2)13-14-34/h7-8,16,18,24,26,28,39H,3-6,9-15,17H2,1-2H3,(H,40,44)(H,45,46)/t24-,26-,28+,35+/m0/s1. The van der Waals surface area contributed by atoms with Crippen molar-refractivity contribution in [3.05, 3.63) is 46.5 Å². The first-order valence-corrected chi connectivity index (χ1v) is 18.6. The molecule has 4 atom stereocenters. The number of aliphatic imine (C=N–C) groups is 1. The Labute approximate surface area is 288 Å². The molecule has 3 aliphatic heterocycles. The van der Waals surface area contributed by atoms with Crippen LogP contribution in [0.4, 0.5) is 9.18 Å². The van der Waals surface area contributed by atoms with E-state index in [4.69, 9.17) is 9.73 Å². The molecule has 1 aromatic carbocycles. The summed E-state index contributed by atoms with van der Waals surface area (Å²) in [5.74, 6) is -2.93. The number of ketones is 1. The van der Waals surface area contributed by atoms with E-state index in [1.165, 1.54) is 23.2 Å². The monoisotopic (exact) mass is 709 g/mol. The number of amides is 3. The van der Waals surface area contributed by atoms with Crippen molar-refractivity contribution in [1.29, 1.82) is 0 Å². The molecular formula is C35H40FN5O8S. The Bertz CT molecular complexity index is 1990. The summed E-state index contributed by atoms with van der Waals surface area (Å²) in [5.41, 5.74) is 2.10. The van der Waals surface area contributed by atoms with Crippen molar-refractivity contribution in [3.8, 4) is 5.75 Å². The molecule has 3 N–H and O–H groups in total. The maximum absolute atomic E-state index is 14.4. The van der Waals surface area contributed by atoms with Crippen LogP contribution in [0.5, 0.6) is 5.75 Å². The van der Waals surface area contributed by atoms with Gasteiger partial charge in [-0.2, -0.15) is 0 Å². The summed E-state index contributed by atoms with van der Waals surface area (Å²) in [6.07, 6.45) is 3.92. The molecule has 1 spiro atoms. The fraction of sp³-hybridized carbons (Fsp3) is 0.543. The van der Waals surface area contributed by atoms with Crippen LogP contribution in [-0.2, 0) is 30.8 Å². The molecule has 1 saturated carbocycles. The number of Topliss-reactive ketones (excluding diaryl/α,β-unsaturated/α-hetero) is 1. The third kappa shape index (κ3) is 6.24. The molecule has 0 radical (unpaired) electrons. The number of ether oxygens (including phenoxy) is 1. The van der Waals surface area contributed by atoms with Gasteiger partial charge >= 0.3 is 6.09 Å². The zero-order chi connectivity index (χ0) is 35.6. The molecule has 13 nitrogen and oxygen atoms in total. The van der Waals surface area contributed by atoms with Crippen molar-refractivity contribution in [2.24, 2.45) is 10.9 Å². The van der Waals surface area contributed by atoms with E-state index in [1.54, 1.807) is 19.9 Å². The van der Waals surface area contributed by atoms with Crippen LogP contribution in [0.1, 0.15) is 88.8 Å². The van der Waals surface area contributed by atoms with E-state index in [0.29, 0.717) is 72.9 Å². The Hall–Kier alpha value is -4.40. The SMILES string of the molecule is Cc1nc2ccc(F)cc2c2c1O[C@@]1(CCC(=O)[C@@H](NC(=O)O)CCCCC3=C(C3)N=C[C@@H]3[C@@H](C(=O)NS(=O)(=O)C4(C)CC4)CC(=O)N31)CC2. The van der Waals surface area contributed by atoms with Crippen molar-refractivity contribution in [1.82, 2.24) is 19.9 Å². The highest BCUT2D eigenvalue weighted by atomic mass is 32.2. The minimum atomic E-state index is -4.01. The molecule has 1 aromatic heterocycles. The largest absolute Gasteiger partial charge is 0.466 e. The Morgan fingerprint density at radius 2 is 1.86 bits per heavy atom. The highest BCUT2D eigenvalue weighted by Gasteiger charge is 2.57. The third-order valence-electron chi connectivity index (χ3n) is 10.9. The molecule has 3 amide bonds. The number of nitrogens with zero attached hydrogens (tertiary/aromatic N) is 3. The summed E-state index contributed by atoms with van der Waals surface area (Å²) >= 11 is 0. The van der Waals surface area contributed by atoms with Gasteiger partial charge in [0.1, 0.15) is 11.6 Å². The van der Waals surface area contributed by atoms with Gasteiger partial charge in [0.25, 0.3) is 0 Å². The van der Waals surface area contributed by atoms with Crippen LogP contribution >= 0.6 is 0 Å². The molecule has 0 unspecified atom stereocenters. The molecule has 2 aromatic rings. The molecule has 4 heterocycles. The van der Waals surface area contributed by atoms with Crippen molar-refractivity contribution in [3.63, 3.8) is 0 Å². The number of hydrogen-bond acceptors (Lipinski definition) is 9. The summed E-state index contributed by atoms with van der Waals surface area (Å²) in [7, 11) is -4.01. The third-order valence-corrected chi connectivity index (χ3v) is 13.1. The van der Waals surface area contributed by atoms with Gasteiger partial charge in [0.05, 0.1) is 34.0 Å². The number of aryl methyl sites for hydroxylation is 2. The minimum Gasteiger partial charge on any atom is -0.466 e. The van der Waals surface area contributed by atoms with Gasteiger partial charge in [-0.15, -0.1) is 0 Å². The molecule has 5 aliphatic rings. The highest BCUT2D eigenvalue weighted by Crippen LogP contribution is 2.47. The normalized spacial score (nSPS) is 27.8. The number of sulfonamides is 1. The number of hydrogen-bond donors (Lipinski definition) is 3. The van der Waals surface area contributed by atoms with Crippen LogP contribution in [0.25, 0.3) is 10.9 Å². The Kier molecular flexibility index (Phi) is 8.47. The maximum Gasteiger partial charge on any atom is 0.405 e. The van der Waals surface area contributed by atoms with E-state index in [1.807, 2.05) is 0 Å². The summed E-state index contributed by atoms with van der Waals surface area (Å²) in [5, 5.41) is 12.4. The Morgan fingerprint density at radius 3 is 2.60 bits per heavy atom. The van der Waals surface area contributed by atoms with Crippen LogP contribution in [0.15, 0.2) is 34.5 Å². The van der Waals surface area contributed by atoms with Crippen LogP contribution < -0.4 is 14.8 Å². The number of halogens is 1. The van der Waals surface area contributed by atoms with Gasteiger partial charge in [-0.3, -0.25) is 29.0 Å². The smallest absolute Gasteiger partial charge is 0.405 e. The molecule has 7 rings (SSSR count). The molecule has 2 aliphatic carbocycles. The number of nitrogens with one attached hydrogen (secondary N) is 2. The van der Waals surface area contributed by atoms with Gasteiger partial charge < -0.3 is 15.2 Å². The van der Waals surface area contributed by atoms with Crippen LogP contribution in [0.2, 0.25) is 0 Å². The van der Waals surface area contributed by atoms with E-state index in [2.05, 4.69) is 15.0 Å². The zero-order valence-corrected chi connectivity index (χ0v) is 28.8. The van der Waals surface area contributed by atoms with Gasteiger partial charge in [-0.1, -0.05) is 6.42 Å². The Balaban J connectivity index is 1.32. The van der Waals surface area contributed by atoms with Gasteiger partial charge in [-0.05, 0) is 76.1 Å². The van der Waals surface area contributed by atoms with E-state index in [-0.39, 0.29) is 31.5 Å². The quantitative estimate of drug-likeness (QED) is 0.419. The van der Waals surface area contributed by atoms with E-state index < -0.39 is 62.2 Å². The van der Waals surface area contributed by atoms with Gasteiger partial charge in [0.15, 0.2) is 11.5 Å². The molecular weight excluding hydrogens is 669 g/mol. The number of fused-ring (bicyclic) bond motifs is 5. The number of pyridine rings is 1. The number of carbonyl (C=O) groups excluding carboxylic acids is 3. The molecule has 266 valence electrons. The lowest BCUT2D eigenvalue weighted by atomic mass is 9.87. The highest BCUT2D eigenvalue weighted by molar-refractivity contribution is 7.91. The van der Waals surface area contributed by atoms with Crippen molar-refractivity contribution in [2.45, 2.75) is 113 Å². The molecule has 15 heteroatoms. The zero-order valence-electron chi connectivity index (χ0n) is 28.0. The predicted molar refractivity (Wildman–Crippen MR) is 179 cm³/mol. The minimum absolute atomic E-state index is 0.0571. The molecule has 0 bridgehead atoms. The lowest BCUT2D eigenvalue weighted by Gasteiger charge is -2.47. The van der Waals surface area contributed by atoms with Gasteiger partial charge in [0.2, 0.25) is 21.8 Å². The predicted octanol–water partition coefficient (Wildman–Crippen LogP) is 4.21. The van der Waals surface area contributed by atoms with Gasteiger partial charge in [0, 0.05) is 55.0 Å². The summed E-state index contributed by atoms with van der Waals surface area (Å²) in [6.45, 7) is 3.30. The van der Waals surface area contributed by atoms with Crippen LogP contribution in [0, 0.1) is 18.7 Å². The number of aromatic nitrogens is 1. The molecule has 50 heavy (non-hydrogen) atoms. The van der Waals surface area contributed by atoms with Crippen LogP contribution in [0.3, 0.4) is 0 Å². The number of carboxylic acid groups (broad SMARTS) is 1. The first kappa shape index (κ1) is 34.1. The van der Waals surface area contributed by atoms with Gasteiger partial charge in [-0.25, -0.2) is 22.6 Å². The fourth-order valence-corrected chi connectivity index (χ4v) is 8.92. The second-order valence-electron chi connectivity index (χ2n) is 14.4. The first-order valence-electron chi connectivity index (χ1n) is 17.1. The second-order valence-corrected chi connectivity index (χ2v) is 16.6. The summed E-state index contributed by atoms with van der Waals surface area (Å²) in [6, 6.07) is 2.28. The average Bonchev–Trinajstić information content (AvgIpc) is 3.97.